The Bertz CT molecular complexity index is 586. The highest BCUT2D eigenvalue weighted by molar-refractivity contribution is 6.07. The van der Waals surface area contributed by atoms with E-state index in [2.05, 4.69) is 15.8 Å². The molecular formula is C12H14N4O4. The van der Waals surface area contributed by atoms with Gasteiger partial charge in [-0.15, -0.1) is 0 Å². The number of hydrogen-bond donors (Lipinski definition) is 2. The summed E-state index contributed by atoms with van der Waals surface area (Å²) < 4.78 is 4.94. The van der Waals surface area contributed by atoms with Crippen LogP contribution in [0.25, 0.3) is 0 Å². The predicted octanol–water partition coefficient (Wildman–Crippen LogP) is -0.203. The molecule has 2 aliphatic heterocycles. The van der Waals surface area contributed by atoms with Gasteiger partial charge in [0.25, 0.3) is 11.8 Å². The van der Waals surface area contributed by atoms with E-state index < -0.39 is 11.6 Å². The number of likely N-dealkylation sites (tertiary alicyclic amines) is 1. The van der Waals surface area contributed by atoms with Crippen LogP contribution in [0.5, 0.6) is 0 Å². The first-order chi connectivity index (χ1) is 9.50. The Morgan fingerprint density at radius 1 is 1.40 bits per heavy atom. The largest absolute Gasteiger partial charge is 0.351 e. The molecule has 2 aliphatic rings. The first-order valence-electron chi connectivity index (χ1n) is 6.36. The smallest absolute Gasteiger partial charge is 0.322 e. The number of imide groups is 1. The van der Waals surface area contributed by atoms with Crippen LogP contribution in [0.15, 0.2) is 10.6 Å². The predicted molar refractivity (Wildman–Crippen MR) is 65.8 cm³/mol. The quantitative estimate of drug-likeness (QED) is 0.692. The van der Waals surface area contributed by atoms with Crippen molar-refractivity contribution in [2.45, 2.75) is 25.3 Å². The fraction of sp³-hybridized carbons (Fsp3) is 0.500. The highest BCUT2D eigenvalue weighted by Gasteiger charge is 2.48. The molecule has 0 radical (unpaired) electrons. The zero-order valence-corrected chi connectivity index (χ0v) is 10.9. The van der Waals surface area contributed by atoms with Gasteiger partial charge in [0.05, 0.1) is 5.69 Å². The molecule has 1 aromatic rings. The monoisotopic (exact) mass is 278 g/mol. The third kappa shape index (κ3) is 1.93. The third-order valence-electron chi connectivity index (χ3n) is 3.76. The molecule has 20 heavy (non-hydrogen) atoms. The number of nitrogens with one attached hydrogen (secondary N) is 2. The average Bonchev–Trinajstić information content (AvgIpc) is 2.95. The Morgan fingerprint density at radius 2 is 2.10 bits per heavy atom. The van der Waals surface area contributed by atoms with Crippen LogP contribution >= 0.6 is 0 Å². The summed E-state index contributed by atoms with van der Waals surface area (Å²) in [4.78, 5) is 36.8. The van der Waals surface area contributed by atoms with Gasteiger partial charge in [-0.3, -0.25) is 14.9 Å². The second-order valence-corrected chi connectivity index (χ2v) is 5.12. The zero-order chi connectivity index (χ0) is 14.3. The van der Waals surface area contributed by atoms with E-state index >= 15 is 0 Å². The summed E-state index contributed by atoms with van der Waals surface area (Å²) in [5.74, 6) is -0.367. The number of aromatic nitrogens is 1. The fourth-order valence-electron chi connectivity index (χ4n) is 2.59. The van der Waals surface area contributed by atoms with Gasteiger partial charge in [-0.1, -0.05) is 5.16 Å². The molecule has 0 aromatic carbocycles. The Balaban J connectivity index is 1.68. The van der Waals surface area contributed by atoms with Crippen molar-refractivity contribution in [3.05, 3.63) is 17.5 Å². The summed E-state index contributed by atoms with van der Waals surface area (Å²) in [7, 11) is 0. The second kappa shape index (κ2) is 4.32. The average molecular weight is 278 g/mol. The van der Waals surface area contributed by atoms with Crippen molar-refractivity contribution in [2.75, 3.05) is 13.1 Å². The maximum absolute atomic E-state index is 12.2. The molecule has 4 amide bonds. The highest BCUT2D eigenvalue weighted by Crippen LogP contribution is 2.26. The number of urea groups is 1. The van der Waals surface area contributed by atoms with E-state index in [0.717, 1.165) is 0 Å². The van der Waals surface area contributed by atoms with Crippen molar-refractivity contribution in [2.24, 2.45) is 0 Å². The van der Waals surface area contributed by atoms with Crippen molar-refractivity contribution in [3.63, 3.8) is 0 Å². The number of amides is 4. The number of nitrogens with zero attached hydrogens (tertiary/aromatic N) is 2. The summed E-state index contributed by atoms with van der Waals surface area (Å²) >= 11 is 0. The summed E-state index contributed by atoms with van der Waals surface area (Å²) in [6, 6.07) is 1.11. The Kier molecular flexibility index (Phi) is 2.73. The molecule has 0 unspecified atom stereocenters. The van der Waals surface area contributed by atoms with E-state index in [0.29, 0.717) is 31.6 Å². The Morgan fingerprint density at radius 3 is 2.60 bits per heavy atom. The number of piperidine rings is 1. The lowest BCUT2D eigenvalue weighted by molar-refractivity contribution is -0.125. The molecule has 106 valence electrons. The van der Waals surface area contributed by atoms with Crippen LogP contribution in [-0.4, -0.2) is 46.5 Å². The number of hydrogen-bond acceptors (Lipinski definition) is 5. The van der Waals surface area contributed by atoms with Crippen molar-refractivity contribution < 1.29 is 18.9 Å². The van der Waals surface area contributed by atoms with Crippen LogP contribution in [0, 0.1) is 6.92 Å². The van der Waals surface area contributed by atoms with Gasteiger partial charge in [0, 0.05) is 19.2 Å². The van der Waals surface area contributed by atoms with E-state index in [9.17, 15) is 14.4 Å². The summed E-state index contributed by atoms with van der Waals surface area (Å²) in [5, 5.41) is 8.57. The van der Waals surface area contributed by atoms with E-state index in [1.54, 1.807) is 17.9 Å². The van der Waals surface area contributed by atoms with Gasteiger partial charge in [0.1, 0.15) is 5.54 Å². The molecule has 3 heterocycles. The SMILES string of the molecule is Cc1cc(C(=O)N2CCC3(CC2)NC(=O)NC3=O)on1. The van der Waals surface area contributed by atoms with E-state index in [1.807, 2.05) is 0 Å². The summed E-state index contributed by atoms with van der Waals surface area (Å²) in [5.41, 5.74) is -0.227. The van der Waals surface area contributed by atoms with Gasteiger partial charge in [0.15, 0.2) is 0 Å². The van der Waals surface area contributed by atoms with Crippen LogP contribution in [0.3, 0.4) is 0 Å². The van der Waals surface area contributed by atoms with Crippen LogP contribution in [0.1, 0.15) is 29.1 Å². The van der Waals surface area contributed by atoms with Gasteiger partial charge in [0.2, 0.25) is 5.76 Å². The molecule has 1 aromatic heterocycles. The standard InChI is InChI=1S/C12H14N4O4/c1-7-6-8(20-15-7)9(17)16-4-2-12(3-5-16)10(18)13-11(19)14-12/h6H,2-5H2,1H3,(H2,13,14,18,19). The fourth-order valence-corrected chi connectivity index (χ4v) is 2.59. The van der Waals surface area contributed by atoms with Crippen LogP contribution in [0.4, 0.5) is 4.79 Å². The number of carbonyl (C=O) groups excluding carboxylic acids is 3. The Hall–Kier alpha value is -2.38. The van der Waals surface area contributed by atoms with Crippen LogP contribution < -0.4 is 10.6 Å². The van der Waals surface area contributed by atoms with Crippen molar-refractivity contribution in [1.29, 1.82) is 0 Å². The Labute approximate surface area is 114 Å². The highest BCUT2D eigenvalue weighted by atomic mass is 16.5. The van der Waals surface area contributed by atoms with Crippen molar-refractivity contribution in [1.82, 2.24) is 20.7 Å². The number of carbonyl (C=O) groups is 3. The molecule has 2 N–H and O–H groups in total. The van der Waals surface area contributed by atoms with Gasteiger partial charge >= 0.3 is 6.03 Å². The van der Waals surface area contributed by atoms with E-state index in [-0.39, 0.29) is 17.6 Å². The maximum atomic E-state index is 12.2. The molecule has 1 spiro atoms. The van der Waals surface area contributed by atoms with Crippen molar-refractivity contribution >= 4 is 17.8 Å². The minimum Gasteiger partial charge on any atom is -0.351 e. The summed E-state index contributed by atoms with van der Waals surface area (Å²) in [6.45, 7) is 2.50. The molecule has 2 saturated heterocycles. The van der Waals surface area contributed by atoms with Gasteiger partial charge in [-0.2, -0.15) is 0 Å². The van der Waals surface area contributed by atoms with E-state index in [1.165, 1.54) is 0 Å². The number of aryl methyl sites for hydroxylation is 1. The minimum absolute atomic E-state index is 0.193. The lowest BCUT2D eigenvalue weighted by Gasteiger charge is -2.36. The van der Waals surface area contributed by atoms with Crippen LogP contribution in [-0.2, 0) is 4.79 Å². The zero-order valence-electron chi connectivity index (χ0n) is 10.9. The molecule has 8 heteroatoms. The molecular weight excluding hydrogens is 264 g/mol. The molecule has 0 atom stereocenters. The van der Waals surface area contributed by atoms with Gasteiger partial charge in [-0.25, -0.2) is 4.79 Å². The maximum Gasteiger partial charge on any atom is 0.322 e. The molecule has 8 nitrogen and oxygen atoms in total. The topological polar surface area (TPSA) is 105 Å². The second-order valence-electron chi connectivity index (χ2n) is 5.12. The summed E-state index contributed by atoms with van der Waals surface area (Å²) in [6.07, 6.45) is 0.785. The lowest BCUT2D eigenvalue weighted by atomic mass is 9.87. The molecule has 3 rings (SSSR count). The minimum atomic E-state index is -0.870. The van der Waals surface area contributed by atoms with Crippen LogP contribution in [0.2, 0.25) is 0 Å². The van der Waals surface area contributed by atoms with Crippen molar-refractivity contribution in [3.8, 4) is 0 Å². The molecule has 0 saturated carbocycles. The molecule has 2 fully saturated rings. The third-order valence-corrected chi connectivity index (χ3v) is 3.76. The van der Waals surface area contributed by atoms with Gasteiger partial charge < -0.3 is 14.7 Å². The molecule has 0 bridgehead atoms. The normalized spacial score (nSPS) is 20.9. The number of rotatable bonds is 1. The molecule has 0 aliphatic carbocycles. The lowest BCUT2D eigenvalue weighted by Crippen LogP contribution is -2.55. The first-order valence-corrected chi connectivity index (χ1v) is 6.36. The van der Waals surface area contributed by atoms with E-state index in [4.69, 9.17) is 4.52 Å². The first kappa shape index (κ1) is 12.6. The van der Waals surface area contributed by atoms with Gasteiger partial charge in [-0.05, 0) is 19.8 Å².